The van der Waals surface area contributed by atoms with Gasteiger partial charge in [0.05, 0.1) is 6.10 Å². The second-order valence-electron chi connectivity index (χ2n) is 6.05. The summed E-state index contributed by atoms with van der Waals surface area (Å²) in [6, 6.07) is 0. The molecule has 2 heterocycles. The molecule has 134 valence electrons. The summed E-state index contributed by atoms with van der Waals surface area (Å²) in [7, 11) is 0. The van der Waals surface area contributed by atoms with Gasteiger partial charge in [0.25, 0.3) is 5.91 Å². The molecule has 8 nitrogen and oxygen atoms in total. The maximum Gasteiger partial charge on any atom is 0.305 e. The van der Waals surface area contributed by atoms with Crippen molar-refractivity contribution in [3.05, 3.63) is 12.2 Å². The zero-order valence-corrected chi connectivity index (χ0v) is 14.1. The molecule has 24 heavy (non-hydrogen) atoms. The topological polar surface area (TPSA) is 109 Å². The van der Waals surface area contributed by atoms with Crippen LogP contribution < -0.4 is 5.73 Å². The summed E-state index contributed by atoms with van der Waals surface area (Å²) in [6.45, 7) is 2.42. The van der Waals surface area contributed by atoms with Crippen molar-refractivity contribution in [1.82, 2.24) is 14.8 Å². The van der Waals surface area contributed by atoms with Crippen LogP contribution in [0.1, 0.15) is 75.1 Å². The Balaban J connectivity index is 1.64. The number of amides is 1. The number of rotatable bonds is 10. The van der Waals surface area contributed by atoms with Crippen LogP contribution in [0.4, 0.5) is 0 Å². The van der Waals surface area contributed by atoms with Crippen LogP contribution in [0.25, 0.3) is 0 Å². The first-order chi connectivity index (χ1) is 11.6. The largest absolute Gasteiger partial charge is 0.463 e. The first-order valence-corrected chi connectivity index (χ1v) is 8.62. The highest BCUT2D eigenvalue weighted by molar-refractivity contribution is 5.88. The number of hydrogen-bond acceptors (Lipinski definition) is 6. The van der Waals surface area contributed by atoms with E-state index in [2.05, 4.69) is 17.0 Å². The summed E-state index contributed by atoms with van der Waals surface area (Å²) in [5.41, 5.74) is 5.13. The minimum atomic E-state index is -0.670. The van der Waals surface area contributed by atoms with Gasteiger partial charge in [0.2, 0.25) is 5.82 Å². The molecule has 2 atom stereocenters. The second-order valence-corrected chi connectivity index (χ2v) is 6.05. The van der Waals surface area contributed by atoms with Crippen molar-refractivity contribution in [3.63, 3.8) is 0 Å². The number of unbranched alkanes of at least 4 members (excludes halogenated alkanes) is 4. The lowest BCUT2D eigenvalue weighted by atomic mass is 10.1. The van der Waals surface area contributed by atoms with Gasteiger partial charge in [0.1, 0.15) is 12.9 Å². The summed E-state index contributed by atoms with van der Waals surface area (Å²) >= 11 is 0. The Morgan fingerprint density at radius 3 is 2.83 bits per heavy atom. The molecule has 1 aliphatic rings. The minimum Gasteiger partial charge on any atom is -0.463 e. The number of carbonyl (C=O) groups excluding carboxylic acids is 2. The van der Waals surface area contributed by atoms with Gasteiger partial charge in [-0.15, -0.1) is 5.10 Å². The average molecular weight is 338 g/mol. The predicted octanol–water partition coefficient (Wildman–Crippen LogP) is 1.96. The van der Waals surface area contributed by atoms with Gasteiger partial charge >= 0.3 is 5.97 Å². The van der Waals surface area contributed by atoms with Crippen molar-refractivity contribution in [2.75, 3.05) is 6.61 Å². The fourth-order valence-electron chi connectivity index (χ4n) is 2.66. The number of aromatic nitrogens is 3. The van der Waals surface area contributed by atoms with Gasteiger partial charge in [-0.05, 0) is 19.3 Å². The molecule has 2 unspecified atom stereocenters. The Labute approximate surface area is 141 Å². The molecule has 0 aromatic carbocycles. The molecular weight excluding hydrogens is 312 g/mol. The van der Waals surface area contributed by atoms with Crippen molar-refractivity contribution in [2.45, 2.75) is 70.6 Å². The molecule has 0 saturated carbocycles. The molecule has 0 aliphatic carbocycles. The maximum atomic E-state index is 11.7. The highest BCUT2D eigenvalue weighted by Gasteiger charge is 2.28. The van der Waals surface area contributed by atoms with E-state index >= 15 is 0 Å². The molecule has 0 radical (unpaired) electrons. The molecule has 1 fully saturated rings. The Bertz CT molecular complexity index is 546. The quantitative estimate of drug-likeness (QED) is 0.516. The number of nitrogens with two attached hydrogens (primary N) is 1. The second kappa shape index (κ2) is 9.36. The zero-order chi connectivity index (χ0) is 17.4. The van der Waals surface area contributed by atoms with Crippen molar-refractivity contribution >= 4 is 11.9 Å². The lowest BCUT2D eigenvalue weighted by molar-refractivity contribution is -0.148. The molecule has 1 amide bonds. The van der Waals surface area contributed by atoms with Gasteiger partial charge in [-0.3, -0.25) is 9.59 Å². The first kappa shape index (κ1) is 18.4. The predicted molar refractivity (Wildman–Crippen MR) is 86.0 cm³/mol. The van der Waals surface area contributed by atoms with Crippen LogP contribution in [-0.4, -0.2) is 39.4 Å². The molecule has 1 aliphatic heterocycles. The van der Waals surface area contributed by atoms with Crippen molar-refractivity contribution < 1.29 is 19.1 Å². The van der Waals surface area contributed by atoms with Gasteiger partial charge in [-0.1, -0.05) is 32.6 Å². The summed E-state index contributed by atoms with van der Waals surface area (Å²) in [5, 5.41) is 3.98. The summed E-state index contributed by atoms with van der Waals surface area (Å²) in [6.07, 6.45) is 8.44. The molecule has 1 aromatic rings. The molecule has 8 heteroatoms. The number of hydrogen-bond donors (Lipinski definition) is 1. The van der Waals surface area contributed by atoms with Crippen LogP contribution >= 0.6 is 0 Å². The van der Waals surface area contributed by atoms with Gasteiger partial charge in [0.15, 0.2) is 6.23 Å². The van der Waals surface area contributed by atoms with Gasteiger partial charge in [-0.25, -0.2) is 9.67 Å². The van der Waals surface area contributed by atoms with E-state index in [1.807, 2.05) is 0 Å². The number of nitrogens with zero attached hydrogens (tertiary/aromatic N) is 3. The fraction of sp³-hybridized carbons (Fsp3) is 0.750. The van der Waals surface area contributed by atoms with Crippen LogP contribution in [0.15, 0.2) is 6.33 Å². The van der Waals surface area contributed by atoms with Crippen molar-refractivity contribution in [2.24, 2.45) is 5.73 Å². The summed E-state index contributed by atoms with van der Waals surface area (Å²) in [4.78, 5) is 26.5. The van der Waals surface area contributed by atoms with Crippen LogP contribution in [0, 0.1) is 0 Å². The number of esters is 1. The minimum absolute atomic E-state index is 0.0310. The van der Waals surface area contributed by atoms with E-state index in [4.69, 9.17) is 15.2 Å². The zero-order valence-electron chi connectivity index (χ0n) is 14.1. The van der Waals surface area contributed by atoms with Gasteiger partial charge < -0.3 is 15.2 Å². The van der Waals surface area contributed by atoms with Crippen molar-refractivity contribution in [1.29, 1.82) is 0 Å². The number of ether oxygens (including phenoxy) is 2. The molecule has 2 N–H and O–H groups in total. The standard InChI is InChI=1S/C16H26N4O4/c1-2-3-4-5-6-7-14(21)23-10-12-8-9-13(24-12)20-11-18-16(19-20)15(17)22/h11-13H,2-10H2,1H3,(H2,17,22). The maximum absolute atomic E-state index is 11.7. The van der Waals surface area contributed by atoms with E-state index in [9.17, 15) is 9.59 Å². The molecular formula is C16H26N4O4. The lowest BCUT2D eigenvalue weighted by Gasteiger charge is -2.13. The number of primary amides is 1. The van der Waals surface area contributed by atoms with E-state index in [1.54, 1.807) is 0 Å². The normalized spacial score (nSPS) is 20.2. The average Bonchev–Trinajstić information content (AvgIpc) is 3.21. The Morgan fingerprint density at radius 2 is 2.12 bits per heavy atom. The van der Waals surface area contributed by atoms with E-state index in [0.29, 0.717) is 6.42 Å². The SMILES string of the molecule is CCCCCCCC(=O)OCC1CCC(n2cnc(C(N)=O)n2)O1. The monoisotopic (exact) mass is 338 g/mol. The Hall–Kier alpha value is -1.96. The highest BCUT2D eigenvalue weighted by Crippen LogP contribution is 2.27. The van der Waals surface area contributed by atoms with Crippen molar-refractivity contribution in [3.8, 4) is 0 Å². The third-order valence-electron chi connectivity index (χ3n) is 4.02. The lowest BCUT2D eigenvalue weighted by Crippen LogP contribution is -2.20. The van der Waals surface area contributed by atoms with E-state index in [1.165, 1.54) is 30.3 Å². The molecule has 0 spiro atoms. The smallest absolute Gasteiger partial charge is 0.305 e. The first-order valence-electron chi connectivity index (χ1n) is 8.62. The summed E-state index contributed by atoms with van der Waals surface area (Å²) in [5.74, 6) is -0.872. The van der Waals surface area contributed by atoms with E-state index in [-0.39, 0.29) is 30.7 Å². The molecule has 2 rings (SSSR count). The fourth-order valence-corrected chi connectivity index (χ4v) is 2.66. The van der Waals surface area contributed by atoms with Crippen LogP contribution in [0.5, 0.6) is 0 Å². The van der Waals surface area contributed by atoms with Gasteiger partial charge in [-0.2, -0.15) is 0 Å². The van der Waals surface area contributed by atoms with Gasteiger partial charge in [0, 0.05) is 6.42 Å². The third kappa shape index (κ3) is 5.59. The van der Waals surface area contributed by atoms with Crippen LogP contribution in [-0.2, 0) is 14.3 Å². The highest BCUT2D eigenvalue weighted by atomic mass is 16.6. The van der Waals surface area contributed by atoms with E-state index in [0.717, 1.165) is 25.7 Å². The van der Waals surface area contributed by atoms with Crippen LogP contribution in [0.2, 0.25) is 0 Å². The summed E-state index contributed by atoms with van der Waals surface area (Å²) < 4.78 is 12.5. The Kier molecular flexibility index (Phi) is 7.17. The Morgan fingerprint density at radius 1 is 1.33 bits per heavy atom. The van der Waals surface area contributed by atoms with Crippen LogP contribution in [0.3, 0.4) is 0 Å². The molecule has 0 bridgehead atoms. The third-order valence-corrected chi connectivity index (χ3v) is 4.02. The van der Waals surface area contributed by atoms with E-state index < -0.39 is 5.91 Å². The molecule has 1 aromatic heterocycles. The molecule has 1 saturated heterocycles. The number of carbonyl (C=O) groups is 2.